The van der Waals surface area contributed by atoms with Crippen LogP contribution in [-0.2, 0) is 16.1 Å². The SMILES string of the molecule is CCN(Cc1ccc2c(c1)OCCO2)C(=O)COC(=O)c1cccc(C)c1O. The molecule has 2 aromatic rings. The first-order chi connectivity index (χ1) is 13.5. The Morgan fingerprint density at radius 2 is 1.89 bits per heavy atom. The molecule has 28 heavy (non-hydrogen) atoms. The second-order valence-corrected chi connectivity index (χ2v) is 6.43. The lowest BCUT2D eigenvalue weighted by Crippen LogP contribution is -2.34. The summed E-state index contributed by atoms with van der Waals surface area (Å²) in [5.41, 5.74) is 1.50. The number of phenols is 1. The molecule has 0 unspecified atom stereocenters. The van der Waals surface area contributed by atoms with E-state index in [0.29, 0.717) is 43.4 Å². The van der Waals surface area contributed by atoms with Crippen LogP contribution in [0.5, 0.6) is 17.2 Å². The van der Waals surface area contributed by atoms with Crippen LogP contribution in [0.25, 0.3) is 0 Å². The number of phenolic OH excluding ortho intramolecular Hbond substituents is 1. The Morgan fingerprint density at radius 3 is 2.64 bits per heavy atom. The van der Waals surface area contributed by atoms with Gasteiger partial charge in [-0.1, -0.05) is 18.2 Å². The van der Waals surface area contributed by atoms with Crippen LogP contribution in [0.1, 0.15) is 28.4 Å². The zero-order valence-electron chi connectivity index (χ0n) is 15.9. The van der Waals surface area contributed by atoms with E-state index in [1.54, 1.807) is 24.0 Å². The molecule has 0 aromatic heterocycles. The fourth-order valence-electron chi connectivity index (χ4n) is 2.90. The van der Waals surface area contributed by atoms with Crippen LogP contribution in [0, 0.1) is 6.92 Å². The van der Waals surface area contributed by atoms with Gasteiger partial charge < -0.3 is 24.2 Å². The number of benzene rings is 2. The second-order valence-electron chi connectivity index (χ2n) is 6.43. The smallest absolute Gasteiger partial charge is 0.342 e. The van der Waals surface area contributed by atoms with Gasteiger partial charge in [0.15, 0.2) is 18.1 Å². The van der Waals surface area contributed by atoms with E-state index in [9.17, 15) is 14.7 Å². The van der Waals surface area contributed by atoms with Gasteiger partial charge in [-0.15, -0.1) is 0 Å². The molecule has 7 nitrogen and oxygen atoms in total. The van der Waals surface area contributed by atoms with E-state index in [4.69, 9.17) is 14.2 Å². The summed E-state index contributed by atoms with van der Waals surface area (Å²) in [6.45, 7) is 4.97. The summed E-state index contributed by atoms with van der Waals surface area (Å²) in [7, 11) is 0. The number of likely N-dealkylation sites (N-methyl/N-ethyl adjacent to an activating group) is 1. The van der Waals surface area contributed by atoms with Crippen molar-refractivity contribution in [3.8, 4) is 17.2 Å². The normalized spacial score (nSPS) is 12.4. The van der Waals surface area contributed by atoms with Gasteiger partial charge in [-0.05, 0) is 43.2 Å². The second kappa shape index (κ2) is 8.65. The van der Waals surface area contributed by atoms with Gasteiger partial charge in [0.1, 0.15) is 24.5 Å². The van der Waals surface area contributed by atoms with Crippen molar-refractivity contribution in [2.75, 3.05) is 26.4 Å². The van der Waals surface area contributed by atoms with Gasteiger partial charge in [0, 0.05) is 13.1 Å². The minimum absolute atomic E-state index is 0.0442. The minimum Gasteiger partial charge on any atom is -0.507 e. The Balaban J connectivity index is 1.60. The number of nitrogens with zero attached hydrogens (tertiary/aromatic N) is 1. The molecule has 2 aromatic carbocycles. The number of hydrogen-bond acceptors (Lipinski definition) is 6. The van der Waals surface area contributed by atoms with Crippen LogP contribution in [-0.4, -0.2) is 48.2 Å². The molecule has 1 N–H and O–H groups in total. The summed E-state index contributed by atoms with van der Waals surface area (Å²) in [5.74, 6) is 0.163. The predicted octanol–water partition coefficient (Wildman–Crippen LogP) is 2.68. The zero-order valence-corrected chi connectivity index (χ0v) is 15.9. The number of hydrogen-bond donors (Lipinski definition) is 1. The van der Waals surface area contributed by atoms with Gasteiger partial charge in [-0.25, -0.2) is 4.79 Å². The fourth-order valence-corrected chi connectivity index (χ4v) is 2.90. The maximum Gasteiger partial charge on any atom is 0.342 e. The maximum atomic E-state index is 12.5. The quantitative estimate of drug-likeness (QED) is 0.770. The third kappa shape index (κ3) is 4.36. The van der Waals surface area contributed by atoms with Gasteiger partial charge in [0.05, 0.1) is 0 Å². The van der Waals surface area contributed by atoms with Crippen LogP contribution in [0.15, 0.2) is 36.4 Å². The van der Waals surface area contributed by atoms with Gasteiger partial charge in [-0.2, -0.15) is 0 Å². The molecule has 1 aliphatic heterocycles. The first-order valence-corrected chi connectivity index (χ1v) is 9.11. The number of esters is 1. The lowest BCUT2D eigenvalue weighted by Gasteiger charge is -2.23. The first-order valence-electron chi connectivity index (χ1n) is 9.11. The molecule has 148 valence electrons. The van der Waals surface area contributed by atoms with Crippen molar-refractivity contribution in [2.24, 2.45) is 0 Å². The number of ether oxygens (including phenoxy) is 3. The number of carbonyl (C=O) groups excluding carboxylic acids is 2. The highest BCUT2D eigenvalue weighted by molar-refractivity contribution is 5.94. The number of para-hydroxylation sites is 1. The largest absolute Gasteiger partial charge is 0.507 e. The van der Waals surface area contributed by atoms with Crippen LogP contribution >= 0.6 is 0 Å². The molecule has 0 radical (unpaired) electrons. The molecular weight excluding hydrogens is 362 g/mol. The molecule has 0 saturated heterocycles. The number of carbonyl (C=O) groups is 2. The standard InChI is InChI=1S/C21H23NO6/c1-3-22(12-15-7-8-17-18(11-15)27-10-9-26-17)19(23)13-28-21(25)16-6-4-5-14(2)20(16)24/h4-8,11,24H,3,9-10,12-13H2,1-2H3. The molecular formula is C21H23NO6. The minimum atomic E-state index is -0.732. The predicted molar refractivity (Wildman–Crippen MR) is 102 cm³/mol. The molecule has 0 fully saturated rings. The molecule has 7 heteroatoms. The van der Waals surface area contributed by atoms with Crippen molar-refractivity contribution in [1.29, 1.82) is 0 Å². The number of fused-ring (bicyclic) bond motifs is 1. The molecule has 0 bridgehead atoms. The highest BCUT2D eigenvalue weighted by Gasteiger charge is 2.19. The Kier molecular flexibility index (Phi) is 6.03. The monoisotopic (exact) mass is 385 g/mol. The summed E-state index contributed by atoms with van der Waals surface area (Å²) >= 11 is 0. The van der Waals surface area contributed by atoms with Crippen LogP contribution in [0.4, 0.5) is 0 Å². The third-order valence-corrected chi connectivity index (χ3v) is 4.50. The number of amides is 1. The Bertz CT molecular complexity index is 879. The summed E-state index contributed by atoms with van der Waals surface area (Å²) in [5, 5.41) is 9.96. The van der Waals surface area contributed by atoms with Gasteiger partial charge in [-0.3, -0.25) is 4.79 Å². The lowest BCUT2D eigenvalue weighted by molar-refractivity contribution is -0.134. The number of rotatable bonds is 6. The fraction of sp³-hybridized carbons (Fsp3) is 0.333. The molecule has 0 aliphatic carbocycles. The molecule has 1 amide bonds. The molecule has 1 aliphatic rings. The van der Waals surface area contributed by atoms with E-state index in [-0.39, 0.29) is 17.2 Å². The highest BCUT2D eigenvalue weighted by atomic mass is 16.6. The third-order valence-electron chi connectivity index (χ3n) is 4.50. The maximum absolute atomic E-state index is 12.5. The van der Waals surface area contributed by atoms with Crippen LogP contribution in [0.3, 0.4) is 0 Å². The van der Waals surface area contributed by atoms with Crippen molar-refractivity contribution in [2.45, 2.75) is 20.4 Å². The Labute approximate surface area is 163 Å². The highest BCUT2D eigenvalue weighted by Crippen LogP contribution is 2.31. The molecule has 1 heterocycles. The summed E-state index contributed by atoms with van der Waals surface area (Å²) in [4.78, 5) is 26.2. The average molecular weight is 385 g/mol. The zero-order chi connectivity index (χ0) is 20.1. The van der Waals surface area contributed by atoms with Crippen molar-refractivity contribution < 1.29 is 28.9 Å². The van der Waals surface area contributed by atoms with Crippen molar-refractivity contribution in [1.82, 2.24) is 4.90 Å². The lowest BCUT2D eigenvalue weighted by atomic mass is 10.1. The van der Waals surface area contributed by atoms with E-state index in [2.05, 4.69) is 0 Å². The van der Waals surface area contributed by atoms with Crippen molar-refractivity contribution >= 4 is 11.9 Å². The van der Waals surface area contributed by atoms with Crippen LogP contribution < -0.4 is 9.47 Å². The van der Waals surface area contributed by atoms with E-state index in [1.807, 2.05) is 25.1 Å². The van der Waals surface area contributed by atoms with E-state index in [1.165, 1.54) is 6.07 Å². The topological polar surface area (TPSA) is 85.3 Å². The molecule has 0 spiro atoms. The van der Waals surface area contributed by atoms with E-state index in [0.717, 1.165) is 5.56 Å². The Morgan fingerprint density at radius 1 is 1.14 bits per heavy atom. The van der Waals surface area contributed by atoms with Crippen LogP contribution in [0.2, 0.25) is 0 Å². The molecule has 3 rings (SSSR count). The van der Waals surface area contributed by atoms with E-state index < -0.39 is 12.6 Å². The van der Waals surface area contributed by atoms with Gasteiger partial charge in [0.2, 0.25) is 0 Å². The van der Waals surface area contributed by atoms with Crippen molar-refractivity contribution in [3.63, 3.8) is 0 Å². The van der Waals surface area contributed by atoms with Crippen molar-refractivity contribution in [3.05, 3.63) is 53.1 Å². The first kappa shape index (κ1) is 19.5. The summed E-state index contributed by atoms with van der Waals surface area (Å²) in [6, 6.07) is 10.3. The van der Waals surface area contributed by atoms with Gasteiger partial charge >= 0.3 is 5.97 Å². The number of aryl methyl sites for hydroxylation is 1. The summed E-state index contributed by atoms with van der Waals surface area (Å²) in [6.07, 6.45) is 0. The summed E-state index contributed by atoms with van der Waals surface area (Å²) < 4.78 is 16.2. The molecule has 0 atom stereocenters. The average Bonchev–Trinajstić information content (AvgIpc) is 2.71. The van der Waals surface area contributed by atoms with Gasteiger partial charge in [0.25, 0.3) is 5.91 Å². The number of aromatic hydroxyl groups is 1. The Hall–Kier alpha value is -3.22. The molecule has 0 saturated carbocycles. The van der Waals surface area contributed by atoms with E-state index >= 15 is 0 Å².